The van der Waals surface area contributed by atoms with E-state index in [4.69, 9.17) is 14.2 Å². The molecule has 0 aromatic heterocycles. The third-order valence-corrected chi connectivity index (χ3v) is 3.98. The van der Waals surface area contributed by atoms with E-state index in [-0.39, 0.29) is 37.4 Å². The van der Waals surface area contributed by atoms with Crippen LogP contribution in [0.3, 0.4) is 0 Å². The van der Waals surface area contributed by atoms with Crippen molar-refractivity contribution in [3.8, 4) is 0 Å². The average molecular weight is 429 g/mol. The van der Waals surface area contributed by atoms with Crippen LogP contribution in [0.15, 0.2) is 0 Å². The Hall–Kier alpha value is -2.32. The highest BCUT2D eigenvalue weighted by molar-refractivity contribution is 5.82. The van der Waals surface area contributed by atoms with Gasteiger partial charge in [0, 0.05) is 25.8 Å². The standard InChI is InChI=1S/C21H36N2O7/c1-20(2,3)29-18(26)13-22-16(24)9-7-8-10-17(25)28-15-11-12-23(14-15)19(27)30-21(4,5)6/h15H,7-14H2,1-6H3,(H,22,24). The topological polar surface area (TPSA) is 111 Å². The lowest BCUT2D eigenvalue weighted by Crippen LogP contribution is -2.36. The van der Waals surface area contributed by atoms with Gasteiger partial charge in [-0.1, -0.05) is 0 Å². The van der Waals surface area contributed by atoms with E-state index in [1.165, 1.54) is 4.90 Å². The summed E-state index contributed by atoms with van der Waals surface area (Å²) in [4.78, 5) is 48.8. The second-order valence-corrected chi connectivity index (χ2v) is 9.40. The quantitative estimate of drug-likeness (QED) is 0.359. The number of hydrogen-bond acceptors (Lipinski definition) is 7. The molecule has 172 valence electrons. The number of hydrogen-bond donors (Lipinski definition) is 1. The van der Waals surface area contributed by atoms with Crippen molar-refractivity contribution in [2.45, 2.75) is 91.0 Å². The molecule has 0 saturated carbocycles. The summed E-state index contributed by atoms with van der Waals surface area (Å²) in [6.07, 6.45) is 1.26. The van der Waals surface area contributed by atoms with E-state index in [9.17, 15) is 19.2 Å². The SMILES string of the molecule is CC(C)(C)OC(=O)CNC(=O)CCCCC(=O)OC1CCN(C(=O)OC(C)(C)C)C1. The molecule has 1 atom stereocenters. The molecule has 1 rings (SSSR count). The van der Waals surface area contributed by atoms with Crippen molar-refractivity contribution < 1.29 is 33.4 Å². The second kappa shape index (κ2) is 11.2. The van der Waals surface area contributed by atoms with Gasteiger partial charge >= 0.3 is 18.0 Å². The van der Waals surface area contributed by atoms with E-state index >= 15 is 0 Å². The number of nitrogens with zero attached hydrogens (tertiary/aromatic N) is 1. The molecule has 2 amide bonds. The minimum Gasteiger partial charge on any atom is -0.460 e. The largest absolute Gasteiger partial charge is 0.460 e. The molecule has 0 aliphatic carbocycles. The Kier molecular flexibility index (Phi) is 9.58. The normalized spacial score (nSPS) is 16.7. The molecule has 9 nitrogen and oxygen atoms in total. The van der Waals surface area contributed by atoms with Crippen LogP contribution in [0.25, 0.3) is 0 Å². The van der Waals surface area contributed by atoms with Gasteiger partial charge in [0.1, 0.15) is 23.9 Å². The molecule has 1 N–H and O–H groups in total. The first-order chi connectivity index (χ1) is 13.7. The summed E-state index contributed by atoms with van der Waals surface area (Å²) in [5, 5.41) is 2.50. The third kappa shape index (κ3) is 11.6. The van der Waals surface area contributed by atoms with Crippen LogP contribution in [-0.4, -0.2) is 65.8 Å². The minimum absolute atomic E-state index is 0.173. The fourth-order valence-electron chi connectivity index (χ4n) is 2.75. The Morgan fingerprint density at radius 3 is 2.10 bits per heavy atom. The van der Waals surface area contributed by atoms with Crippen LogP contribution < -0.4 is 5.32 Å². The van der Waals surface area contributed by atoms with Crippen LogP contribution in [0.1, 0.15) is 73.6 Å². The van der Waals surface area contributed by atoms with Crippen molar-refractivity contribution in [2.24, 2.45) is 0 Å². The molecule has 1 aliphatic heterocycles. The molecule has 0 spiro atoms. The fourth-order valence-corrected chi connectivity index (χ4v) is 2.75. The summed E-state index contributed by atoms with van der Waals surface area (Å²) in [5.41, 5.74) is -1.16. The number of esters is 2. The van der Waals surface area contributed by atoms with Crippen molar-refractivity contribution in [1.29, 1.82) is 0 Å². The number of nitrogens with one attached hydrogen (secondary N) is 1. The van der Waals surface area contributed by atoms with Gasteiger partial charge in [0.15, 0.2) is 0 Å². The monoisotopic (exact) mass is 428 g/mol. The van der Waals surface area contributed by atoms with E-state index in [2.05, 4.69) is 5.32 Å². The summed E-state index contributed by atoms with van der Waals surface area (Å²) in [6, 6.07) is 0. The first kappa shape index (κ1) is 25.7. The molecule has 1 fully saturated rings. The Labute approximate surface area is 178 Å². The highest BCUT2D eigenvalue weighted by Crippen LogP contribution is 2.18. The lowest BCUT2D eigenvalue weighted by atomic mass is 10.2. The summed E-state index contributed by atoms with van der Waals surface area (Å²) < 4.78 is 15.8. The molecule has 0 aromatic rings. The summed E-state index contributed by atoms with van der Waals surface area (Å²) >= 11 is 0. The molecule has 1 saturated heterocycles. The molecule has 9 heteroatoms. The van der Waals surface area contributed by atoms with E-state index < -0.39 is 23.3 Å². The highest BCUT2D eigenvalue weighted by atomic mass is 16.6. The minimum atomic E-state index is -0.592. The predicted octanol–water partition coefficient (Wildman–Crippen LogP) is 2.56. The van der Waals surface area contributed by atoms with Crippen molar-refractivity contribution in [2.75, 3.05) is 19.6 Å². The number of carbonyl (C=O) groups excluding carboxylic acids is 4. The number of unbranched alkanes of at least 4 members (excludes halogenated alkanes) is 1. The fraction of sp³-hybridized carbons (Fsp3) is 0.810. The molecule has 0 aromatic carbocycles. The van der Waals surface area contributed by atoms with Crippen molar-refractivity contribution in [1.82, 2.24) is 10.2 Å². The van der Waals surface area contributed by atoms with Gasteiger partial charge in [0.25, 0.3) is 0 Å². The van der Waals surface area contributed by atoms with Gasteiger partial charge < -0.3 is 24.4 Å². The van der Waals surface area contributed by atoms with Gasteiger partial charge in [-0.15, -0.1) is 0 Å². The van der Waals surface area contributed by atoms with Crippen LogP contribution in [0.4, 0.5) is 4.79 Å². The maximum atomic E-state index is 12.0. The van der Waals surface area contributed by atoms with Gasteiger partial charge in [-0.25, -0.2) is 4.79 Å². The maximum Gasteiger partial charge on any atom is 0.410 e. The molecule has 1 heterocycles. The maximum absolute atomic E-state index is 12.0. The van der Waals surface area contributed by atoms with E-state index in [0.717, 1.165) is 0 Å². The molecule has 0 radical (unpaired) electrons. The first-order valence-electron chi connectivity index (χ1n) is 10.4. The van der Waals surface area contributed by atoms with Crippen LogP contribution in [0.2, 0.25) is 0 Å². The predicted molar refractivity (Wildman–Crippen MR) is 110 cm³/mol. The lowest BCUT2D eigenvalue weighted by Gasteiger charge is -2.24. The number of rotatable bonds is 8. The van der Waals surface area contributed by atoms with Gasteiger partial charge in [-0.2, -0.15) is 0 Å². The Morgan fingerprint density at radius 2 is 1.50 bits per heavy atom. The van der Waals surface area contributed by atoms with Gasteiger partial charge in [0.05, 0.1) is 6.54 Å². The van der Waals surface area contributed by atoms with Crippen molar-refractivity contribution in [3.05, 3.63) is 0 Å². The zero-order chi connectivity index (χ0) is 22.9. The molecular formula is C21H36N2O7. The van der Waals surface area contributed by atoms with Crippen LogP contribution in [0, 0.1) is 0 Å². The van der Waals surface area contributed by atoms with Crippen LogP contribution in [-0.2, 0) is 28.6 Å². The first-order valence-corrected chi connectivity index (χ1v) is 10.4. The van der Waals surface area contributed by atoms with Crippen molar-refractivity contribution >= 4 is 23.9 Å². The van der Waals surface area contributed by atoms with Crippen LogP contribution in [0.5, 0.6) is 0 Å². The Morgan fingerprint density at radius 1 is 0.900 bits per heavy atom. The van der Waals surface area contributed by atoms with Crippen LogP contribution >= 0.6 is 0 Å². The Balaban J connectivity index is 2.16. The molecular weight excluding hydrogens is 392 g/mol. The van der Waals surface area contributed by atoms with Gasteiger partial charge in [-0.05, 0) is 54.4 Å². The third-order valence-electron chi connectivity index (χ3n) is 3.98. The number of carbonyl (C=O) groups is 4. The number of ether oxygens (including phenoxy) is 3. The van der Waals surface area contributed by atoms with E-state index in [1.54, 1.807) is 41.5 Å². The summed E-state index contributed by atoms with van der Waals surface area (Å²) in [6.45, 7) is 11.3. The average Bonchev–Trinajstić information content (AvgIpc) is 3.02. The summed E-state index contributed by atoms with van der Waals surface area (Å²) in [7, 11) is 0. The highest BCUT2D eigenvalue weighted by Gasteiger charge is 2.31. The van der Waals surface area contributed by atoms with Crippen molar-refractivity contribution in [3.63, 3.8) is 0 Å². The molecule has 0 bridgehead atoms. The Bertz CT molecular complexity index is 620. The number of amides is 2. The van der Waals surface area contributed by atoms with Gasteiger partial charge in [-0.3, -0.25) is 14.4 Å². The molecule has 1 aliphatic rings. The van der Waals surface area contributed by atoms with Gasteiger partial charge in [0.2, 0.25) is 5.91 Å². The molecule has 30 heavy (non-hydrogen) atoms. The smallest absolute Gasteiger partial charge is 0.410 e. The zero-order valence-corrected chi connectivity index (χ0v) is 19.0. The second-order valence-electron chi connectivity index (χ2n) is 9.40. The van der Waals surface area contributed by atoms with E-state index in [1.807, 2.05) is 0 Å². The van der Waals surface area contributed by atoms with E-state index in [0.29, 0.717) is 32.4 Å². The number of likely N-dealkylation sites (tertiary alicyclic amines) is 1. The molecule has 1 unspecified atom stereocenters. The lowest BCUT2D eigenvalue weighted by molar-refractivity contribution is -0.154. The zero-order valence-electron chi connectivity index (χ0n) is 19.0. The summed E-state index contributed by atoms with van der Waals surface area (Å²) in [5.74, 6) is -1.10.